The molecule has 0 radical (unpaired) electrons. The average molecular weight is 370 g/mol. The van der Waals surface area contributed by atoms with E-state index in [1.807, 2.05) is 67.6 Å². The van der Waals surface area contributed by atoms with Gasteiger partial charge in [-0.2, -0.15) is 0 Å². The fourth-order valence-electron chi connectivity index (χ4n) is 2.57. The van der Waals surface area contributed by atoms with Crippen molar-refractivity contribution in [3.63, 3.8) is 0 Å². The highest BCUT2D eigenvalue weighted by molar-refractivity contribution is 6.30. The van der Waals surface area contributed by atoms with Crippen LogP contribution in [0.25, 0.3) is 11.3 Å². The molecule has 0 spiro atoms. The lowest BCUT2D eigenvalue weighted by molar-refractivity contribution is -0.116. The number of halogens is 1. The van der Waals surface area contributed by atoms with E-state index in [4.69, 9.17) is 20.8 Å². The van der Waals surface area contributed by atoms with Crippen LogP contribution in [-0.2, 0) is 11.2 Å². The molecule has 1 heterocycles. The van der Waals surface area contributed by atoms with Crippen LogP contribution in [0.4, 0.5) is 5.69 Å². The molecule has 0 aliphatic heterocycles. The van der Waals surface area contributed by atoms with Crippen molar-refractivity contribution >= 4 is 23.2 Å². The molecule has 2 aromatic carbocycles. The minimum atomic E-state index is -0.0603. The van der Waals surface area contributed by atoms with Gasteiger partial charge in [0, 0.05) is 29.1 Å². The highest BCUT2D eigenvalue weighted by atomic mass is 35.5. The Kier molecular flexibility index (Phi) is 5.97. The number of ether oxygens (including phenoxy) is 1. The maximum absolute atomic E-state index is 12.1. The maximum Gasteiger partial charge on any atom is 0.224 e. The predicted octanol–water partition coefficient (Wildman–Crippen LogP) is 5.57. The van der Waals surface area contributed by atoms with Gasteiger partial charge in [0.05, 0.1) is 6.61 Å². The second-order valence-corrected chi connectivity index (χ2v) is 6.22. The number of carbonyl (C=O) groups is 1. The Morgan fingerprint density at radius 3 is 2.65 bits per heavy atom. The third-order valence-corrected chi connectivity index (χ3v) is 4.05. The second-order valence-electron chi connectivity index (χ2n) is 5.78. The lowest BCUT2D eigenvalue weighted by atomic mass is 10.2. The number of nitrogens with one attached hydrogen (secondary N) is 1. The van der Waals surface area contributed by atoms with Crippen LogP contribution in [0.3, 0.4) is 0 Å². The fraction of sp³-hybridized carbons (Fsp3) is 0.190. The molecule has 26 heavy (non-hydrogen) atoms. The number of rotatable bonds is 7. The molecule has 1 aromatic heterocycles. The first-order chi connectivity index (χ1) is 12.6. The van der Waals surface area contributed by atoms with E-state index in [1.165, 1.54) is 0 Å². The van der Waals surface area contributed by atoms with Crippen LogP contribution in [0.15, 0.2) is 65.1 Å². The smallest absolute Gasteiger partial charge is 0.224 e. The number of benzene rings is 2. The van der Waals surface area contributed by atoms with Gasteiger partial charge >= 0.3 is 0 Å². The van der Waals surface area contributed by atoms with Crippen molar-refractivity contribution in [3.8, 4) is 17.1 Å². The predicted molar refractivity (Wildman–Crippen MR) is 104 cm³/mol. The fourth-order valence-corrected chi connectivity index (χ4v) is 2.76. The minimum absolute atomic E-state index is 0.0603. The molecule has 3 aromatic rings. The molecule has 0 bridgehead atoms. The van der Waals surface area contributed by atoms with Crippen LogP contribution in [0, 0.1) is 0 Å². The largest absolute Gasteiger partial charge is 0.494 e. The number of carbonyl (C=O) groups excluding carboxylic acids is 1. The Hall–Kier alpha value is -2.72. The molecule has 0 aliphatic carbocycles. The Labute approximate surface area is 157 Å². The summed E-state index contributed by atoms with van der Waals surface area (Å²) in [5, 5.41) is 3.54. The maximum atomic E-state index is 12.1. The molecule has 0 aliphatic rings. The van der Waals surface area contributed by atoms with Crippen LogP contribution < -0.4 is 10.1 Å². The van der Waals surface area contributed by atoms with E-state index in [-0.39, 0.29) is 5.91 Å². The summed E-state index contributed by atoms with van der Waals surface area (Å²) >= 11 is 6.01. The van der Waals surface area contributed by atoms with Crippen LogP contribution in [-0.4, -0.2) is 12.5 Å². The van der Waals surface area contributed by atoms with Gasteiger partial charge in [-0.3, -0.25) is 4.79 Å². The Morgan fingerprint density at radius 2 is 1.92 bits per heavy atom. The zero-order chi connectivity index (χ0) is 18.4. The first kappa shape index (κ1) is 18.1. The van der Waals surface area contributed by atoms with Gasteiger partial charge in [0.2, 0.25) is 5.91 Å². The molecule has 134 valence electrons. The lowest BCUT2D eigenvalue weighted by Gasteiger charge is -2.06. The summed E-state index contributed by atoms with van der Waals surface area (Å²) in [6.07, 6.45) is 0.874. The van der Waals surface area contributed by atoms with Crippen molar-refractivity contribution < 1.29 is 13.9 Å². The van der Waals surface area contributed by atoms with Gasteiger partial charge in [0.1, 0.15) is 17.3 Å². The second kappa shape index (κ2) is 8.59. The van der Waals surface area contributed by atoms with E-state index < -0.39 is 0 Å². The van der Waals surface area contributed by atoms with Gasteiger partial charge < -0.3 is 14.5 Å². The average Bonchev–Trinajstić information content (AvgIpc) is 3.11. The molecular weight excluding hydrogens is 350 g/mol. The highest BCUT2D eigenvalue weighted by Gasteiger charge is 2.08. The van der Waals surface area contributed by atoms with Gasteiger partial charge in [-0.15, -0.1) is 0 Å². The summed E-state index contributed by atoms with van der Waals surface area (Å²) < 4.78 is 11.2. The molecule has 0 fully saturated rings. The summed E-state index contributed by atoms with van der Waals surface area (Å²) in [4.78, 5) is 12.1. The third-order valence-electron chi connectivity index (χ3n) is 3.82. The third kappa shape index (κ3) is 4.90. The van der Waals surface area contributed by atoms with E-state index in [1.54, 1.807) is 0 Å². The van der Waals surface area contributed by atoms with Gasteiger partial charge in [-0.05, 0) is 55.5 Å². The summed E-state index contributed by atoms with van der Waals surface area (Å²) in [5.41, 5.74) is 1.67. The normalized spacial score (nSPS) is 10.5. The molecule has 1 N–H and O–H groups in total. The molecule has 0 unspecified atom stereocenters. The Morgan fingerprint density at radius 1 is 1.12 bits per heavy atom. The van der Waals surface area contributed by atoms with E-state index in [0.29, 0.717) is 24.5 Å². The SMILES string of the molecule is CCOc1ccc(NC(=O)CCc2ccc(-c3cccc(Cl)c3)o2)cc1. The van der Waals surface area contributed by atoms with Crippen molar-refractivity contribution in [2.45, 2.75) is 19.8 Å². The van der Waals surface area contributed by atoms with Crippen molar-refractivity contribution in [2.24, 2.45) is 0 Å². The van der Waals surface area contributed by atoms with Gasteiger partial charge in [-0.25, -0.2) is 0 Å². The quantitative estimate of drug-likeness (QED) is 0.592. The summed E-state index contributed by atoms with van der Waals surface area (Å²) in [5.74, 6) is 2.24. The number of hydrogen-bond donors (Lipinski definition) is 1. The Balaban J connectivity index is 1.53. The minimum Gasteiger partial charge on any atom is -0.494 e. The zero-order valence-electron chi connectivity index (χ0n) is 14.5. The van der Waals surface area contributed by atoms with E-state index in [0.717, 1.165) is 28.5 Å². The van der Waals surface area contributed by atoms with E-state index >= 15 is 0 Å². The van der Waals surface area contributed by atoms with Crippen molar-refractivity contribution in [1.29, 1.82) is 0 Å². The van der Waals surface area contributed by atoms with Crippen molar-refractivity contribution in [3.05, 3.63) is 71.4 Å². The molecular formula is C21H20ClNO3. The van der Waals surface area contributed by atoms with Crippen LogP contribution in [0.1, 0.15) is 19.1 Å². The van der Waals surface area contributed by atoms with Crippen LogP contribution in [0.2, 0.25) is 5.02 Å². The lowest BCUT2D eigenvalue weighted by Crippen LogP contribution is -2.12. The first-order valence-electron chi connectivity index (χ1n) is 8.51. The van der Waals surface area contributed by atoms with Gasteiger partial charge in [0.15, 0.2) is 0 Å². The number of anilines is 1. The molecule has 3 rings (SSSR count). The Bertz CT molecular complexity index is 871. The topological polar surface area (TPSA) is 51.5 Å². The van der Waals surface area contributed by atoms with E-state index in [9.17, 15) is 4.79 Å². The molecule has 0 atom stereocenters. The summed E-state index contributed by atoms with van der Waals surface area (Å²) in [6.45, 7) is 2.55. The van der Waals surface area contributed by atoms with Crippen LogP contribution >= 0.6 is 11.6 Å². The number of furan rings is 1. The number of hydrogen-bond acceptors (Lipinski definition) is 3. The number of amides is 1. The molecule has 4 nitrogen and oxygen atoms in total. The standard InChI is InChI=1S/C21H20ClNO3/c1-2-25-18-8-6-17(7-9-18)23-21(24)13-11-19-10-12-20(26-19)15-4-3-5-16(22)14-15/h3-10,12,14H,2,11,13H2,1H3,(H,23,24). The summed E-state index contributed by atoms with van der Waals surface area (Å²) in [7, 11) is 0. The van der Waals surface area contributed by atoms with E-state index in [2.05, 4.69) is 5.32 Å². The van der Waals surface area contributed by atoms with Crippen molar-refractivity contribution in [1.82, 2.24) is 0 Å². The molecule has 5 heteroatoms. The summed E-state index contributed by atoms with van der Waals surface area (Å²) in [6, 6.07) is 18.6. The van der Waals surface area contributed by atoms with Crippen LogP contribution in [0.5, 0.6) is 5.75 Å². The number of aryl methyl sites for hydroxylation is 1. The highest BCUT2D eigenvalue weighted by Crippen LogP contribution is 2.25. The molecule has 1 amide bonds. The molecule has 0 saturated carbocycles. The van der Waals surface area contributed by atoms with Gasteiger partial charge in [-0.1, -0.05) is 23.7 Å². The molecule has 0 saturated heterocycles. The van der Waals surface area contributed by atoms with Gasteiger partial charge in [0.25, 0.3) is 0 Å². The first-order valence-corrected chi connectivity index (χ1v) is 8.89. The zero-order valence-corrected chi connectivity index (χ0v) is 15.3. The monoisotopic (exact) mass is 369 g/mol. The van der Waals surface area contributed by atoms with Crippen molar-refractivity contribution in [2.75, 3.05) is 11.9 Å².